The SMILES string of the molecule is CCn1c(=NC(=O)CS(=O)(=O)CC(=O)Nc2nc(-c3ccccc3)cs2)sc2cc([N+](=O)[O-])ccc21. The van der Waals surface area contributed by atoms with Crippen molar-refractivity contribution in [3.8, 4) is 11.3 Å². The molecule has 0 atom stereocenters. The minimum Gasteiger partial charge on any atom is -0.317 e. The van der Waals surface area contributed by atoms with E-state index in [1.54, 1.807) is 22.9 Å². The van der Waals surface area contributed by atoms with Gasteiger partial charge in [-0.25, -0.2) is 13.4 Å². The van der Waals surface area contributed by atoms with Gasteiger partial charge in [0.2, 0.25) is 5.91 Å². The van der Waals surface area contributed by atoms with Crippen molar-refractivity contribution in [1.82, 2.24) is 9.55 Å². The van der Waals surface area contributed by atoms with Gasteiger partial charge in [0.05, 0.1) is 20.8 Å². The molecule has 11 nitrogen and oxygen atoms in total. The van der Waals surface area contributed by atoms with E-state index < -0.39 is 38.1 Å². The number of sulfone groups is 1. The van der Waals surface area contributed by atoms with E-state index in [0.29, 0.717) is 22.5 Å². The third kappa shape index (κ3) is 5.90. The van der Waals surface area contributed by atoms with Crippen molar-refractivity contribution in [2.45, 2.75) is 13.5 Å². The summed E-state index contributed by atoms with van der Waals surface area (Å²) in [6, 6.07) is 13.6. The third-order valence-corrected chi connectivity index (χ3v) is 8.12. The second-order valence-corrected chi connectivity index (χ2v) is 11.5. The first kappa shape index (κ1) is 25.3. The lowest BCUT2D eigenvalue weighted by Crippen LogP contribution is -2.28. The Hall–Kier alpha value is -3.75. The number of thiazole rings is 2. The number of hydrogen-bond donors (Lipinski definition) is 1. The fraction of sp³-hybridized carbons (Fsp3) is 0.182. The van der Waals surface area contributed by atoms with E-state index in [4.69, 9.17) is 0 Å². The first-order valence-corrected chi connectivity index (χ1v) is 14.0. The van der Waals surface area contributed by atoms with Crippen LogP contribution in [0.15, 0.2) is 58.9 Å². The van der Waals surface area contributed by atoms with E-state index in [9.17, 15) is 28.1 Å². The van der Waals surface area contributed by atoms with Crippen LogP contribution in [-0.2, 0) is 26.0 Å². The van der Waals surface area contributed by atoms with Gasteiger partial charge in [-0.05, 0) is 13.0 Å². The minimum atomic E-state index is -4.11. The lowest BCUT2D eigenvalue weighted by atomic mass is 10.2. The lowest BCUT2D eigenvalue weighted by Gasteiger charge is -2.03. The van der Waals surface area contributed by atoms with Crippen LogP contribution >= 0.6 is 22.7 Å². The van der Waals surface area contributed by atoms with Crippen LogP contribution < -0.4 is 10.1 Å². The number of benzene rings is 2. The molecule has 2 heterocycles. The number of non-ortho nitro benzene ring substituents is 1. The summed E-state index contributed by atoms with van der Waals surface area (Å²) in [4.78, 5) is 43.7. The molecule has 0 saturated carbocycles. The molecule has 0 spiro atoms. The van der Waals surface area contributed by atoms with E-state index in [-0.39, 0.29) is 15.6 Å². The van der Waals surface area contributed by atoms with Crippen LogP contribution in [-0.4, -0.2) is 46.2 Å². The zero-order valence-electron chi connectivity index (χ0n) is 18.8. The van der Waals surface area contributed by atoms with E-state index in [1.165, 1.54) is 12.1 Å². The van der Waals surface area contributed by atoms with Gasteiger partial charge in [-0.1, -0.05) is 41.7 Å². The summed E-state index contributed by atoms with van der Waals surface area (Å²) in [5.74, 6) is -3.60. The zero-order valence-corrected chi connectivity index (χ0v) is 21.2. The molecule has 2 aromatic heterocycles. The van der Waals surface area contributed by atoms with Gasteiger partial charge in [0.25, 0.3) is 11.6 Å². The fourth-order valence-corrected chi connectivity index (χ4v) is 6.27. The maximum absolute atomic E-state index is 12.5. The van der Waals surface area contributed by atoms with Gasteiger partial charge in [0.15, 0.2) is 19.8 Å². The van der Waals surface area contributed by atoms with Gasteiger partial charge >= 0.3 is 0 Å². The smallest absolute Gasteiger partial charge is 0.270 e. The van der Waals surface area contributed by atoms with Gasteiger partial charge in [-0.15, -0.1) is 11.3 Å². The molecule has 2 aromatic carbocycles. The first-order chi connectivity index (χ1) is 17.1. The molecule has 0 unspecified atom stereocenters. The molecule has 186 valence electrons. The second-order valence-electron chi connectivity index (χ2n) is 7.53. The van der Waals surface area contributed by atoms with Crippen molar-refractivity contribution in [2.24, 2.45) is 4.99 Å². The van der Waals surface area contributed by atoms with Gasteiger partial charge < -0.3 is 9.88 Å². The van der Waals surface area contributed by atoms with Crippen molar-refractivity contribution in [2.75, 3.05) is 16.8 Å². The number of nitro groups is 1. The highest BCUT2D eigenvalue weighted by Gasteiger charge is 2.22. The summed E-state index contributed by atoms with van der Waals surface area (Å²) < 4.78 is 27.1. The molecular weight excluding hydrogens is 526 g/mol. The number of amides is 2. The fourth-order valence-electron chi connectivity index (χ4n) is 3.37. The van der Waals surface area contributed by atoms with Crippen molar-refractivity contribution >= 4 is 65.4 Å². The van der Waals surface area contributed by atoms with Crippen LogP contribution in [0.4, 0.5) is 10.8 Å². The molecule has 0 aliphatic heterocycles. The zero-order chi connectivity index (χ0) is 25.9. The van der Waals surface area contributed by atoms with Gasteiger partial charge in [-0.3, -0.25) is 19.7 Å². The Balaban J connectivity index is 1.45. The van der Waals surface area contributed by atoms with Gasteiger partial charge in [0, 0.05) is 29.6 Å². The maximum atomic E-state index is 12.5. The Morgan fingerprint density at radius 1 is 1.17 bits per heavy atom. The molecule has 2 amide bonds. The number of anilines is 1. The number of fused-ring (bicyclic) bond motifs is 1. The summed E-state index contributed by atoms with van der Waals surface area (Å²) in [5.41, 5.74) is 2.04. The predicted octanol–water partition coefficient (Wildman–Crippen LogP) is 3.24. The number of carbonyl (C=O) groups is 2. The molecule has 1 N–H and O–H groups in total. The predicted molar refractivity (Wildman–Crippen MR) is 138 cm³/mol. The van der Waals surface area contributed by atoms with Crippen molar-refractivity contribution in [3.05, 3.63) is 68.8 Å². The highest BCUT2D eigenvalue weighted by Crippen LogP contribution is 2.25. The van der Waals surface area contributed by atoms with E-state index >= 15 is 0 Å². The van der Waals surface area contributed by atoms with E-state index in [1.807, 2.05) is 30.3 Å². The number of rotatable bonds is 8. The van der Waals surface area contributed by atoms with Gasteiger partial charge in [-0.2, -0.15) is 4.99 Å². The average Bonchev–Trinajstić information content (AvgIpc) is 3.41. The summed E-state index contributed by atoms with van der Waals surface area (Å²) >= 11 is 2.20. The third-order valence-electron chi connectivity index (χ3n) is 4.93. The second kappa shape index (κ2) is 10.5. The molecular formula is C22H19N5O6S3. The van der Waals surface area contributed by atoms with Crippen molar-refractivity contribution in [1.29, 1.82) is 0 Å². The summed E-state index contributed by atoms with van der Waals surface area (Å²) in [5, 5.41) is 15.5. The normalized spacial score (nSPS) is 12.1. The Bertz CT molecular complexity index is 1640. The largest absolute Gasteiger partial charge is 0.317 e. The van der Waals surface area contributed by atoms with Crippen LogP contribution in [0, 0.1) is 10.1 Å². The van der Waals surface area contributed by atoms with Crippen LogP contribution in [0.5, 0.6) is 0 Å². The Labute approximate surface area is 212 Å². The molecule has 0 aliphatic rings. The van der Waals surface area contributed by atoms with Crippen molar-refractivity contribution < 1.29 is 22.9 Å². The van der Waals surface area contributed by atoms with Crippen molar-refractivity contribution in [3.63, 3.8) is 0 Å². The van der Waals surface area contributed by atoms with Crippen LogP contribution in [0.3, 0.4) is 0 Å². The van der Waals surface area contributed by atoms with Gasteiger partial charge in [0.1, 0.15) is 11.5 Å². The number of aromatic nitrogens is 2. The van der Waals surface area contributed by atoms with E-state index in [2.05, 4.69) is 15.3 Å². The molecule has 0 fully saturated rings. The first-order valence-electron chi connectivity index (χ1n) is 10.5. The molecule has 0 aliphatic carbocycles. The summed E-state index contributed by atoms with van der Waals surface area (Å²) in [7, 11) is -4.11. The molecule has 4 aromatic rings. The summed E-state index contributed by atoms with van der Waals surface area (Å²) in [6.45, 7) is 2.22. The molecule has 0 radical (unpaired) electrons. The molecule has 36 heavy (non-hydrogen) atoms. The number of nitrogens with one attached hydrogen (secondary N) is 1. The van der Waals surface area contributed by atoms with E-state index in [0.717, 1.165) is 28.2 Å². The molecule has 4 rings (SSSR count). The molecule has 0 saturated heterocycles. The highest BCUT2D eigenvalue weighted by atomic mass is 32.2. The standard InChI is InChI=1S/C22H19N5O6S3/c1-2-26-17-9-8-15(27(30)31)10-18(17)35-22(26)25-20(29)13-36(32,33)12-19(28)24-21-23-16(11-34-21)14-6-4-3-5-7-14/h3-11H,2,12-13H2,1H3,(H,23,24,28). The number of carbonyl (C=O) groups excluding carboxylic acids is 2. The minimum absolute atomic E-state index is 0.102. The topological polar surface area (TPSA) is 154 Å². The monoisotopic (exact) mass is 545 g/mol. The molecule has 14 heteroatoms. The number of aryl methyl sites for hydroxylation is 1. The van der Waals surface area contributed by atoms with Crippen LogP contribution in [0.2, 0.25) is 0 Å². The Kier molecular flexibility index (Phi) is 7.37. The Morgan fingerprint density at radius 3 is 2.61 bits per heavy atom. The highest BCUT2D eigenvalue weighted by molar-refractivity contribution is 7.92. The average molecular weight is 546 g/mol. The van der Waals surface area contributed by atoms with Crippen LogP contribution in [0.1, 0.15) is 6.92 Å². The summed E-state index contributed by atoms with van der Waals surface area (Å²) in [6.07, 6.45) is 0. The maximum Gasteiger partial charge on any atom is 0.270 e. The number of nitro benzene ring substituents is 1. The lowest BCUT2D eigenvalue weighted by molar-refractivity contribution is -0.384. The Morgan fingerprint density at radius 2 is 1.92 bits per heavy atom. The number of hydrogen-bond acceptors (Lipinski definition) is 9. The molecule has 0 bridgehead atoms. The quantitative estimate of drug-likeness (QED) is 0.263. The number of nitrogens with zero attached hydrogens (tertiary/aromatic N) is 4. The van der Waals surface area contributed by atoms with Crippen LogP contribution in [0.25, 0.3) is 21.5 Å².